The predicted molar refractivity (Wildman–Crippen MR) is 100 cm³/mol. The molecule has 132 valence electrons. The fourth-order valence-electron chi connectivity index (χ4n) is 2.46. The van der Waals surface area contributed by atoms with Crippen LogP contribution in [0.2, 0.25) is 5.02 Å². The molecule has 2 aromatic carbocycles. The molecule has 26 heavy (non-hydrogen) atoms. The quantitative estimate of drug-likeness (QED) is 0.627. The van der Waals surface area contributed by atoms with E-state index in [9.17, 15) is 9.18 Å². The van der Waals surface area contributed by atoms with Gasteiger partial charge in [-0.3, -0.25) is 4.79 Å². The summed E-state index contributed by atoms with van der Waals surface area (Å²) in [5, 5.41) is 0.309. The Balaban J connectivity index is 1.65. The van der Waals surface area contributed by atoms with E-state index in [-0.39, 0.29) is 12.5 Å². The zero-order valence-electron chi connectivity index (χ0n) is 14.1. The molecule has 1 heterocycles. The van der Waals surface area contributed by atoms with Gasteiger partial charge >= 0.3 is 0 Å². The highest BCUT2D eigenvalue weighted by atomic mass is 35.5. The predicted octanol–water partition coefficient (Wildman–Crippen LogP) is 4.34. The van der Waals surface area contributed by atoms with E-state index in [2.05, 4.69) is 4.98 Å². The second kappa shape index (κ2) is 7.97. The summed E-state index contributed by atoms with van der Waals surface area (Å²) in [7, 11) is 1.61. The van der Waals surface area contributed by atoms with Gasteiger partial charge in [0.05, 0.1) is 6.33 Å². The van der Waals surface area contributed by atoms with E-state index in [4.69, 9.17) is 11.6 Å². The van der Waals surface area contributed by atoms with Gasteiger partial charge in [-0.1, -0.05) is 29.8 Å². The van der Waals surface area contributed by atoms with E-state index in [1.54, 1.807) is 31.7 Å². The van der Waals surface area contributed by atoms with Gasteiger partial charge in [0.15, 0.2) is 0 Å². The Morgan fingerprint density at radius 3 is 2.69 bits per heavy atom. The van der Waals surface area contributed by atoms with E-state index < -0.39 is 5.82 Å². The SMILES string of the molecule is CN(Cc1c(F)cccc1Cl)C(=O)C=Cc1ccc(-n2ccnc2)cc1. The highest BCUT2D eigenvalue weighted by Gasteiger charge is 2.12. The summed E-state index contributed by atoms with van der Waals surface area (Å²) in [5.74, 6) is -0.653. The average Bonchev–Trinajstić information content (AvgIpc) is 3.18. The maximum Gasteiger partial charge on any atom is 0.246 e. The lowest BCUT2D eigenvalue weighted by Crippen LogP contribution is -2.24. The summed E-state index contributed by atoms with van der Waals surface area (Å²) in [5.41, 5.74) is 2.18. The van der Waals surface area contributed by atoms with Crippen LogP contribution in [0.4, 0.5) is 4.39 Å². The van der Waals surface area contributed by atoms with Crippen molar-refractivity contribution in [3.8, 4) is 5.69 Å². The molecule has 1 aromatic heterocycles. The fourth-order valence-corrected chi connectivity index (χ4v) is 2.69. The van der Waals surface area contributed by atoms with E-state index in [1.165, 1.54) is 23.1 Å². The number of imidazole rings is 1. The molecular weight excluding hydrogens is 353 g/mol. The molecule has 3 rings (SSSR count). The Kier molecular flexibility index (Phi) is 5.49. The van der Waals surface area contributed by atoms with Gasteiger partial charge in [0, 0.05) is 48.3 Å². The number of likely N-dealkylation sites (N-methyl/N-ethyl adjacent to an activating group) is 1. The van der Waals surface area contributed by atoms with Crippen LogP contribution in [0.1, 0.15) is 11.1 Å². The summed E-state index contributed by atoms with van der Waals surface area (Å²) in [4.78, 5) is 17.7. The lowest BCUT2D eigenvalue weighted by atomic mass is 10.1. The number of amides is 1. The van der Waals surface area contributed by atoms with Gasteiger partial charge < -0.3 is 9.47 Å². The van der Waals surface area contributed by atoms with Crippen molar-refractivity contribution in [2.45, 2.75) is 6.54 Å². The molecule has 0 saturated carbocycles. The number of benzene rings is 2. The summed E-state index contributed by atoms with van der Waals surface area (Å²) in [6, 6.07) is 12.2. The molecule has 0 N–H and O–H groups in total. The summed E-state index contributed by atoms with van der Waals surface area (Å²) in [6.07, 6.45) is 8.47. The minimum atomic E-state index is -0.420. The van der Waals surface area contributed by atoms with Crippen molar-refractivity contribution in [3.05, 3.63) is 89.2 Å². The first-order valence-corrected chi connectivity index (χ1v) is 8.37. The largest absolute Gasteiger partial charge is 0.338 e. The van der Waals surface area contributed by atoms with Crippen molar-refractivity contribution < 1.29 is 9.18 Å². The normalized spacial score (nSPS) is 11.0. The van der Waals surface area contributed by atoms with Crippen LogP contribution in [0.5, 0.6) is 0 Å². The van der Waals surface area contributed by atoms with Gasteiger partial charge in [0.1, 0.15) is 5.82 Å². The zero-order chi connectivity index (χ0) is 18.5. The number of hydrogen-bond acceptors (Lipinski definition) is 2. The van der Waals surface area contributed by atoms with E-state index in [0.717, 1.165) is 11.3 Å². The molecule has 4 nitrogen and oxygen atoms in total. The summed E-state index contributed by atoms with van der Waals surface area (Å²) >= 11 is 6.01. The second-order valence-corrected chi connectivity index (χ2v) is 6.20. The van der Waals surface area contributed by atoms with Crippen LogP contribution < -0.4 is 0 Å². The number of nitrogens with zero attached hydrogens (tertiary/aromatic N) is 3. The van der Waals surface area contributed by atoms with Crippen LogP contribution in [0.15, 0.2) is 67.3 Å². The Morgan fingerprint density at radius 1 is 1.27 bits per heavy atom. The Morgan fingerprint density at radius 2 is 2.04 bits per heavy atom. The van der Waals surface area contributed by atoms with Gasteiger partial charge in [-0.2, -0.15) is 0 Å². The molecule has 0 aliphatic rings. The molecular formula is C20H17ClFN3O. The Hall–Kier alpha value is -2.92. The van der Waals surface area contributed by atoms with Crippen LogP contribution in [-0.4, -0.2) is 27.4 Å². The molecule has 1 amide bonds. The second-order valence-electron chi connectivity index (χ2n) is 5.79. The minimum absolute atomic E-state index is 0.105. The first-order valence-electron chi connectivity index (χ1n) is 7.99. The third kappa shape index (κ3) is 4.18. The molecule has 0 radical (unpaired) electrons. The zero-order valence-corrected chi connectivity index (χ0v) is 14.9. The average molecular weight is 370 g/mol. The van der Waals surface area contributed by atoms with E-state index >= 15 is 0 Å². The van der Waals surface area contributed by atoms with Crippen molar-refractivity contribution in [1.82, 2.24) is 14.5 Å². The van der Waals surface area contributed by atoms with Crippen LogP contribution in [0.3, 0.4) is 0 Å². The van der Waals surface area contributed by atoms with Crippen LogP contribution >= 0.6 is 11.6 Å². The number of carbonyl (C=O) groups is 1. The Labute approximate surface area is 156 Å². The maximum absolute atomic E-state index is 13.8. The number of carbonyl (C=O) groups excluding carboxylic acids is 1. The van der Waals surface area contributed by atoms with Crippen LogP contribution in [0, 0.1) is 5.82 Å². The van der Waals surface area contributed by atoms with Crippen LogP contribution in [0.25, 0.3) is 11.8 Å². The third-order valence-electron chi connectivity index (χ3n) is 3.95. The monoisotopic (exact) mass is 369 g/mol. The first-order chi connectivity index (χ1) is 12.5. The molecule has 0 fully saturated rings. The third-order valence-corrected chi connectivity index (χ3v) is 4.30. The highest BCUT2D eigenvalue weighted by Crippen LogP contribution is 2.20. The van der Waals surface area contributed by atoms with Gasteiger partial charge in [-0.25, -0.2) is 9.37 Å². The minimum Gasteiger partial charge on any atom is -0.338 e. The maximum atomic E-state index is 13.8. The van der Waals surface area contributed by atoms with E-state index in [1.807, 2.05) is 35.0 Å². The molecule has 0 aliphatic heterocycles. The van der Waals surface area contributed by atoms with Gasteiger partial charge in [0.25, 0.3) is 0 Å². The Bertz CT molecular complexity index is 900. The lowest BCUT2D eigenvalue weighted by Gasteiger charge is -2.16. The van der Waals surface area contributed by atoms with Crippen molar-refractivity contribution in [1.29, 1.82) is 0 Å². The smallest absolute Gasteiger partial charge is 0.246 e. The van der Waals surface area contributed by atoms with Gasteiger partial charge in [0.2, 0.25) is 5.91 Å². The first kappa shape index (κ1) is 17.9. The lowest BCUT2D eigenvalue weighted by molar-refractivity contribution is -0.125. The molecule has 6 heteroatoms. The van der Waals surface area contributed by atoms with Crippen molar-refractivity contribution in [3.63, 3.8) is 0 Å². The van der Waals surface area contributed by atoms with Gasteiger partial charge in [-0.15, -0.1) is 0 Å². The summed E-state index contributed by atoms with van der Waals surface area (Å²) in [6.45, 7) is 0.105. The van der Waals surface area contributed by atoms with Crippen molar-refractivity contribution in [2.24, 2.45) is 0 Å². The fraction of sp³-hybridized carbons (Fsp3) is 0.100. The molecule has 0 bridgehead atoms. The highest BCUT2D eigenvalue weighted by molar-refractivity contribution is 6.31. The van der Waals surface area contributed by atoms with E-state index in [0.29, 0.717) is 10.6 Å². The standard InChI is InChI=1S/C20H17ClFN3O/c1-24(13-17-18(21)3-2-4-19(17)22)20(26)10-7-15-5-8-16(9-6-15)25-12-11-23-14-25/h2-12,14H,13H2,1H3. The van der Waals surface area contributed by atoms with Crippen molar-refractivity contribution in [2.75, 3.05) is 7.05 Å². The molecule has 3 aromatic rings. The molecule has 0 atom stereocenters. The molecule has 0 aliphatic carbocycles. The van der Waals surface area contributed by atoms with Gasteiger partial charge in [-0.05, 0) is 35.9 Å². The van der Waals surface area contributed by atoms with Crippen LogP contribution in [-0.2, 0) is 11.3 Å². The number of halogens is 2. The number of hydrogen-bond donors (Lipinski definition) is 0. The number of rotatable bonds is 5. The molecule has 0 spiro atoms. The molecule has 0 unspecified atom stereocenters. The van der Waals surface area contributed by atoms with Crippen molar-refractivity contribution >= 4 is 23.6 Å². The summed E-state index contributed by atoms with van der Waals surface area (Å²) < 4.78 is 15.7. The topological polar surface area (TPSA) is 38.1 Å². The molecule has 0 saturated heterocycles. The number of aromatic nitrogens is 2.